The Labute approximate surface area is 86.9 Å². The maximum Gasteiger partial charge on any atom is 0.228 e. The van der Waals surface area contributed by atoms with Crippen molar-refractivity contribution in [2.45, 2.75) is 40.2 Å². The summed E-state index contributed by atoms with van der Waals surface area (Å²) in [5, 5.41) is 3.32. The fourth-order valence-corrected chi connectivity index (χ4v) is 1.76. The molecule has 3 nitrogen and oxygen atoms in total. The van der Waals surface area contributed by atoms with Crippen LogP contribution in [-0.4, -0.2) is 36.0 Å². The van der Waals surface area contributed by atoms with Gasteiger partial charge in [-0.1, -0.05) is 20.8 Å². The van der Waals surface area contributed by atoms with Gasteiger partial charge in [0, 0.05) is 30.6 Å². The predicted octanol–water partition coefficient (Wildman–Crippen LogP) is 1.24. The molecular weight excluding hydrogens is 176 g/mol. The van der Waals surface area contributed by atoms with Gasteiger partial charge in [0.25, 0.3) is 0 Å². The van der Waals surface area contributed by atoms with Crippen molar-refractivity contribution < 1.29 is 4.79 Å². The van der Waals surface area contributed by atoms with Crippen LogP contribution in [0.4, 0.5) is 0 Å². The lowest BCUT2D eigenvalue weighted by atomic mass is 9.90. The van der Waals surface area contributed by atoms with Gasteiger partial charge in [0.2, 0.25) is 5.91 Å². The van der Waals surface area contributed by atoms with Crippen molar-refractivity contribution in [1.29, 1.82) is 0 Å². The second-order valence-electron chi connectivity index (χ2n) is 5.70. The van der Waals surface area contributed by atoms with Crippen LogP contribution >= 0.6 is 0 Å². The third kappa shape index (κ3) is 2.27. The van der Waals surface area contributed by atoms with Gasteiger partial charge in [0.05, 0.1) is 0 Å². The maximum absolute atomic E-state index is 12.1. The first-order valence-electron chi connectivity index (χ1n) is 5.28. The lowest BCUT2D eigenvalue weighted by molar-refractivity contribution is -0.146. The van der Waals surface area contributed by atoms with E-state index in [0.717, 1.165) is 19.6 Å². The van der Waals surface area contributed by atoms with Gasteiger partial charge in [-0.3, -0.25) is 4.79 Å². The molecule has 1 heterocycles. The standard InChI is InChI=1S/C11H22N2O/c1-10(2,3)9(14)13-7-6-12-8-11(13,4)5/h12H,6-8H2,1-5H3. The van der Waals surface area contributed by atoms with Crippen molar-refractivity contribution in [3.05, 3.63) is 0 Å². The molecule has 1 fully saturated rings. The third-order valence-corrected chi connectivity index (χ3v) is 2.69. The van der Waals surface area contributed by atoms with Gasteiger partial charge in [-0.2, -0.15) is 0 Å². The molecule has 0 saturated carbocycles. The zero-order valence-corrected chi connectivity index (χ0v) is 9.98. The summed E-state index contributed by atoms with van der Waals surface area (Å²) in [7, 11) is 0. The van der Waals surface area contributed by atoms with E-state index in [1.54, 1.807) is 0 Å². The van der Waals surface area contributed by atoms with Crippen LogP contribution in [-0.2, 0) is 4.79 Å². The van der Waals surface area contributed by atoms with Crippen LogP contribution in [0, 0.1) is 5.41 Å². The topological polar surface area (TPSA) is 32.3 Å². The summed E-state index contributed by atoms with van der Waals surface area (Å²) in [4.78, 5) is 14.1. The fourth-order valence-electron chi connectivity index (χ4n) is 1.76. The highest BCUT2D eigenvalue weighted by molar-refractivity contribution is 5.82. The Hall–Kier alpha value is -0.570. The van der Waals surface area contributed by atoms with Crippen molar-refractivity contribution in [3.63, 3.8) is 0 Å². The van der Waals surface area contributed by atoms with Gasteiger partial charge in [-0.05, 0) is 13.8 Å². The van der Waals surface area contributed by atoms with Crippen molar-refractivity contribution in [2.24, 2.45) is 5.41 Å². The summed E-state index contributed by atoms with van der Waals surface area (Å²) in [6.07, 6.45) is 0. The van der Waals surface area contributed by atoms with Crippen LogP contribution in [0.5, 0.6) is 0 Å². The van der Waals surface area contributed by atoms with Crippen LogP contribution in [0.2, 0.25) is 0 Å². The van der Waals surface area contributed by atoms with Crippen LogP contribution in [0.15, 0.2) is 0 Å². The van der Waals surface area contributed by atoms with Crippen molar-refractivity contribution >= 4 is 5.91 Å². The van der Waals surface area contributed by atoms with Crippen molar-refractivity contribution in [2.75, 3.05) is 19.6 Å². The number of nitrogens with one attached hydrogen (secondary N) is 1. The molecule has 3 heteroatoms. The molecule has 0 aromatic carbocycles. The molecule has 82 valence electrons. The Morgan fingerprint density at radius 2 is 1.93 bits per heavy atom. The zero-order valence-electron chi connectivity index (χ0n) is 9.98. The number of hydrogen-bond acceptors (Lipinski definition) is 2. The number of nitrogens with zero attached hydrogens (tertiary/aromatic N) is 1. The molecule has 1 amide bonds. The summed E-state index contributed by atoms with van der Waals surface area (Å²) in [6.45, 7) is 12.8. The highest BCUT2D eigenvalue weighted by Gasteiger charge is 2.37. The number of carbonyl (C=O) groups is 1. The Bertz CT molecular complexity index is 228. The zero-order chi connectivity index (χ0) is 11.0. The quantitative estimate of drug-likeness (QED) is 0.635. The lowest BCUT2D eigenvalue weighted by Crippen LogP contribution is -2.61. The molecule has 1 aliphatic rings. The van der Waals surface area contributed by atoms with Gasteiger partial charge >= 0.3 is 0 Å². The molecule has 0 aromatic rings. The molecule has 1 N–H and O–H groups in total. The van der Waals surface area contributed by atoms with E-state index in [9.17, 15) is 4.79 Å². The summed E-state index contributed by atoms with van der Waals surface area (Å²) in [5.41, 5.74) is -0.322. The second-order valence-corrected chi connectivity index (χ2v) is 5.70. The molecule has 1 aliphatic heterocycles. The molecule has 0 unspecified atom stereocenters. The average molecular weight is 198 g/mol. The maximum atomic E-state index is 12.1. The van der Waals surface area contributed by atoms with Gasteiger partial charge in [-0.15, -0.1) is 0 Å². The van der Waals surface area contributed by atoms with Crippen molar-refractivity contribution in [1.82, 2.24) is 10.2 Å². The van der Waals surface area contributed by atoms with E-state index in [0.29, 0.717) is 0 Å². The number of carbonyl (C=O) groups excluding carboxylic acids is 1. The highest BCUT2D eigenvalue weighted by atomic mass is 16.2. The Morgan fingerprint density at radius 3 is 2.36 bits per heavy atom. The van der Waals surface area contributed by atoms with Gasteiger partial charge < -0.3 is 10.2 Å². The predicted molar refractivity (Wildman–Crippen MR) is 58.1 cm³/mol. The van der Waals surface area contributed by atoms with Gasteiger partial charge in [0.15, 0.2) is 0 Å². The molecule has 1 saturated heterocycles. The normalized spacial score (nSPS) is 22.2. The number of hydrogen-bond donors (Lipinski definition) is 1. The Balaban J connectivity index is 2.80. The number of piperazine rings is 1. The largest absolute Gasteiger partial charge is 0.335 e. The molecule has 0 aliphatic carbocycles. The van der Waals surface area contributed by atoms with Crippen molar-refractivity contribution in [3.8, 4) is 0 Å². The van der Waals surface area contributed by atoms with Gasteiger partial charge in [-0.25, -0.2) is 0 Å². The Kier molecular flexibility index (Phi) is 2.91. The monoisotopic (exact) mass is 198 g/mol. The minimum atomic E-state index is -0.269. The first kappa shape index (κ1) is 11.5. The van der Waals surface area contributed by atoms with E-state index in [1.807, 2.05) is 25.7 Å². The van der Waals surface area contributed by atoms with E-state index in [1.165, 1.54) is 0 Å². The second kappa shape index (κ2) is 3.54. The van der Waals surface area contributed by atoms with E-state index in [-0.39, 0.29) is 16.9 Å². The van der Waals surface area contributed by atoms with E-state index < -0.39 is 0 Å². The van der Waals surface area contributed by atoms with E-state index >= 15 is 0 Å². The average Bonchev–Trinajstić information content (AvgIpc) is 2.00. The van der Waals surface area contributed by atoms with Crippen LogP contribution < -0.4 is 5.32 Å². The number of amides is 1. The summed E-state index contributed by atoms with van der Waals surface area (Å²) in [5.74, 6) is 0.254. The molecule has 0 aromatic heterocycles. The molecule has 0 spiro atoms. The molecule has 0 radical (unpaired) electrons. The summed E-state index contributed by atoms with van der Waals surface area (Å²) in [6, 6.07) is 0. The van der Waals surface area contributed by atoms with E-state index in [4.69, 9.17) is 0 Å². The minimum Gasteiger partial charge on any atom is -0.335 e. The smallest absolute Gasteiger partial charge is 0.228 e. The molecule has 1 rings (SSSR count). The fraction of sp³-hybridized carbons (Fsp3) is 0.909. The lowest BCUT2D eigenvalue weighted by Gasteiger charge is -2.45. The third-order valence-electron chi connectivity index (χ3n) is 2.69. The summed E-state index contributed by atoms with van der Waals surface area (Å²) >= 11 is 0. The highest BCUT2D eigenvalue weighted by Crippen LogP contribution is 2.24. The van der Waals surface area contributed by atoms with Crippen LogP contribution in [0.3, 0.4) is 0 Å². The van der Waals surface area contributed by atoms with E-state index in [2.05, 4.69) is 19.2 Å². The van der Waals surface area contributed by atoms with Gasteiger partial charge in [0.1, 0.15) is 0 Å². The summed E-state index contributed by atoms with van der Waals surface area (Å²) < 4.78 is 0. The molecule has 0 atom stereocenters. The number of rotatable bonds is 0. The molecule has 0 bridgehead atoms. The molecular formula is C11H22N2O. The minimum absolute atomic E-state index is 0.0530. The Morgan fingerprint density at radius 1 is 1.36 bits per heavy atom. The molecule has 14 heavy (non-hydrogen) atoms. The first-order chi connectivity index (χ1) is 6.25. The van der Waals surface area contributed by atoms with Crippen LogP contribution in [0.1, 0.15) is 34.6 Å². The first-order valence-corrected chi connectivity index (χ1v) is 5.28. The SMILES string of the molecule is CC(C)(C)C(=O)N1CCNCC1(C)C. The van der Waals surface area contributed by atoms with Crippen LogP contribution in [0.25, 0.3) is 0 Å².